The minimum atomic E-state index is -0.961. The zero-order valence-electron chi connectivity index (χ0n) is 28.7. The molecule has 6 rings (SSSR count). The summed E-state index contributed by atoms with van der Waals surface area (Å²) >= 11 is 0. The molecule has 4 fully saturated rings. The van der Waals surface area contributed by atoms with Gasteiger partial charge in [-0.25, -0.2) is 9.59 Å². The van der Waals surface area contributed by atoms with E-state index in [-0.39, 0.29) is 34.0 Å². The Hall–Kier alpha value is -4.16. The lowest BCUT2D eigenvalue weighted by Crippen LogP contribution is -2.68. The molecule has 4 saturated heterocycles. The van der Waals surface area contributed by atoms with Crippen LogP contribution in [0.1, 0.15) is 92.2 Å². The van der Waals surface area contributed by atoms with Gasteiger partial charge in [-0.1, -0.05) is 24.3 Å². The number of hydrogen-bond donors (Lipinski definition) is 6. The molecule has 4 aliphatic rings. The Labute approximate surface area is 276 Å². The average molecular weight is 645 g/mol. The summed E-state index contributed by atoms with van der Waals surface area (Å²) in [5.74, 6) is -0.538. The molecule has 0 aromatic heterocycles. The highest BCUT2D eigenvalue weighted by Crippen LogP contribution is 2.41. The summed E-state index contributed by atoms with van der Waals surface area (Å²) in [4.78, 5) is 53.1. The Kier molecular flexibility index (Phi) is 7.44. The van der Waals surface area contributed by atoms with Gasteiger partial charge in [0.05, 0.1) is 11.4 Å². The molecule has 12 heteroatoms. The maximum absolute atomic E-state index is 13.6. The summed E-state index contributed by atoms with van der Waals surface area (Å²) < 4.78 is 0. The van der Waals surface area contributed by atoms with Crippen LogP contribution in [-0.4, -0.2) is 67.1 Å². The van der Waals surface area contributed by atoms with Crippen molar-refractivity contribution in [1.82, 2.24) is 31.3 Å². The fourth-order valence-electron chi connectivity index (χ4n) is 8.96. The predicted octanol–water partition coefficient (Wildman–Crippen LogP) is 4.39. The maximum atomic E-state index is 13.6. The van der Waals surface area contributed by atoms with Crippen LogP contribution in [0, 0.1) is 0 Å². The van der Waals surface area contributed by atoms with Crippen molar-refractivity contribution in [3.63, 3.8) is 0 Å². The van der Waals surface area contributed by atoms with Crippen LogP contribution in [0.15, 0.2) is 48.5 Å². The minimum absolute atomic E-state index is 0.269. The third-order valence-corrected chi connectivity index (χ3v) is 9.45. The second-order valence-electron chi connectivity index (χ2n) is 16.6. The first-order valence-corrected chi connectivity index (χ1v) is 16.3. The number of hydrogen-bond acceptors (Lipinski definition) is 8. The van der Waals surface area contributed by atoms with E-state index in [1.165, 1.54) is 0 Å². The number of benzene rings is 2. The molecule has 2 spiro atoms. The van der Waals surface area contributed by atoms with Crippen LogP contribution in [0.3, 0.4) is 0 Å². The molecular weight excluding hydrogens is 596 g/mol. The van der Waals surface area contributed by atoms with Crippen molar-refractivity contribution >= 4 is 35.3 Å². The molecule has 0 saturated carbocycles. The van der Waals surface area contributed by atoms with Gasteiger partial charge in [0.1, 0.15) is 11.1 Å². The summed E-state index contributed by atoms with van der Waals surface area (Å²) in [6, 6.07) is 14.3. The third-order valence-electron chi connectivity index (χ3n) is 9.45. The fraction of sp³-hybridized carbons (Fsp3) is 0.543. The van der Waals surface area contributed by atoms with Gasteiger partial charge in [-0.15, -0.1) is 0 Å². The number of anilines is 2. The predicted molar refractivity (Wildman–Crippen MR) is 180 cm³/mol. The van der Waals surface area contributed by atoms with Crippen LogP contribution in [0.5, 0.6) is 0 Å². The van der Waals surface area contributed by atoms with Gasteiger partial charge < -0.3 is 21.3 Å². The Balaban J connectivity index is 1.07. The molecule has 6 amide bonds. The second-order valence-corrected chi connectivity index (χ2v) is 16.6. The molecule has 4 heterocycles. The number of nitrogens with zero attached hydrogens (tertiary/aromatic N) is 2. The normalized spacial score (nSPS) is 24.8. The van der Waals surface area contributed by atoms with Gasteiger partial charge in [0.2, 0.25) is 0 Å². The number of imide groups is 2. The molecule has 2 aromatic carbocycles. The smallest absolute Gasteiger partial charge is 0.321 e. The molecule has 6 N–H and O–H groups in total. The molecular formula is C35H48N8O4. The number of amides is 6. The first kappa shape index (κ1) is 32.8. The SMILES string of the molecule is CC1(C)CC2(CC(C)(C)N1)NC(=O)N(Nc1ccc(Cc3ccc(NN4C(=O)NC5(CC(C)(C)NC(C)(C)C5)C4=O)cc3)cc1)C2=O. The molecule has 12 nitrogen and oxygen atoms in total. The minimum Gasteiger partial charge on any atom is -0.321 e. The molecule has 0 unspecified atom stereocenters. The highest BCUT2D eigenvalue weighted by Gasteiger charge is 2.60. The van der Waals surface area contributed by atoms with E-state index in [0.717, 1.165) is 21.1 Å². The number of piperidine rings is 2. The summed E-state index contributed by atoms with van der Waals surface area (Å²) in [7, 11) is 0. The van der Waals surface area contributed by atoms with Gasteiger partial charge in [-0.2, -0.15) is 10.0 Å². The highest BCUT2D eigenvalue weighted by molar-refractivity contribution is 6.09. The number of carbonyl (C=O) groups excluding carboxylic acids is 4. The molecule has 0 aliphatic carbocycles. The van der Waals surface area contributed by atoms with Gasteiger partial charge in [-0.3, -0.25) is 20.4 Å². The standard InChI is InChI=1S/C35H48N8O4/c1-30(2)18-34(19-31(3,4)40-30)26(44)42(28(46)36-34)38-24-13-9-22(10-14-24)17-23-11-15-25(16-12-23)39-43-27(45)35(37-29(43)47)20-32(5,6)41-33(7,8)21-35/h9-16,38-41H,17-21H2,1-8H3,(H,36,46)(H,37,47). The van der Waals surface area contributed by atoms with Gasteiger partial charge in [-0.05, 0) is 123 Å². The Bertz CT molecular complexity index is 1460. The van der Waals surface area contributed by atoms with Gasteiger partial charge in [0, 0.05) is 22.2 Å². The summed E-state index contributed by atoms with van der Waals surface area (Å²) in [6.07, 6.45) is 2.63. The van der Waals surface area contributed by atoms with E-state index in [9.17, 15) is 19.2 Å². The van der Waals surface area contributed by atoms with Crippen LogP contribution in [0.25, 0.3) is 0 Å². The molecule has 0 bridgehead atoms. The van der Waals surface area contributed by atoms with Crippen molar-refractivity contribution in [2.75, 3.05) is 10.9 Å². The van der Waals surface area contributed by atoms with Crippen molar-refractivity contribution in [3.8, 4) is 0 Å². The van der Waals surface area contributed by atoms with Crippen LogP contribution in [0.2, 0.25) is 0 Å². The molecule has 0 radical (unpaired) electrons. The van der Waals surface area contributed by atoms with Gasteiger partial charge in [0.25, 0.3) is 11.8 Å². The lowest BCUT2D eigenvalue weighted by atomic mass is 9.71. The van der Waals surface area contributed by atoms with Crippen LogP contribution in [0.4, 0.5) is 21.0 Å². The average Bonchev–Trinajstić information content (AvgIpc) is 3.25. The fourth-order valence-corrected chi connectivity index (χ4v) is 8.96. The quantitative estimate of drug-likeness (QED) is 0.254. The van der Waals surface area contributed by atoms with Crippen LogP contribution >= 0.6 is 0 Å². The van der Waals surface area contributed by atoms with Crippen molar-refractivity contribution in [3.05, 3.63) is 59.7 Å². The lowest BCUT2D eigenvalue weighted by molar-refractivity contribution is -0.134. The van der Waals surface area contributed by atoms with Gasteiger partial charge >= 0.3 is 12.1 Å². The number of rotatable bonds is 6. The Morgan fingerprint density at radius 3 is 1.13 bits per heavy atom. The van der Waals surface area contributed by atoms with Crippen LogP contribution in [-0.2, 0) is 16.0 Å². The summed E-state index contributed by atoms with van der Waals surface area (Å²) in [6.45, 7) is 16.4. The Morgan fingerprint density at radius 1 is 0.532 bits per heavy atom. The molecule has 47 heavy (non-hydrogen) atoms. The highest BCUT2D eigenvalue weighted by atomic mass is 16.2. The summed E-state index contributed by atoms with van der Waals surface area (Å²) in [5, 5.41) is 15.3. The first-order valence-electron chi connectivity index (χ1n) is 16.3. The number of nitrogens with one attached hydrogen (secondary N) is 6. The second kappa shape index (κ2) is 10.7. The van der Waals surface area contributed by atoms with Crippen molar-refractivity contribution in [1.29, 1.82) is 0 Å². The topological polar surface area (TPSA) is 147 Å². The number of hydrazine groups is 2. The molecule has 4 aliphatic heterocycles. The van der Waals surface area contributed by atoms with E-state index in [2.05, 4.69) is 32.1 Å². The van der Waals surface area contributed by atoms with Crippen LogP contribution < -0.4 is 32.1 Å². The number of carbonyl (C=O) groups is 4. The molecule has 252 valence electrons. The van der Waals surface area contributed by atoms with E-state index in [0.29, 0.717) is 43.5 Å². The van der Waals surface area contributed by atoms with E-state index in [1.54, 1.807) is 0 Å². The molecule has 2 aromatic rings. The van der Waals surface area contributed by atoms with Crippen molar-refractivity contribution in [2.45, 2.75) is 121 Å². The van der Waals surface area contributed by atoms with E-state index in [1.807, 2.05) is 104 Å². The monoisotopic (exact) mass is 644 g/mol. The van der Waals surface area contributed by atoms with Gasteiger partial charge in [0.15, 0.2) is 0 Å². The first-order chi connectivity index (χ1) is 21.7. The lowest BCUT2D eigenvalue weighted by Gasteiger charge is -2.50. The van der Waals surface area contributed by atoms with Crippen molar-refractivity contribution < 1.29 is 19.2 Å². The zero-order chi connectivity index (χ0) is 34.2. The van der Waals surface area contributed by atoms with E-state index < -0.39 is 23.1 Å². The van der Waals surface area contributed by atoms with E-state index >= 15 is 0 Å². The van der Waals surface area contributed by atoms with E-state index in [4.69, 9.17) is 0 Å². The summed E-state index contributed by atoms with van der Waals surface area (Å²) in [5.41, 5.74) is 6.18. The molecule has 0 atom stereocenters. The third kappa shape index (κ3) is 6.40. The zero-order valence-corrected chi connectivity index (χ0v) is 28.7. The number of urea groups is 2. The van der Waals surface area contributed by atoms with Crippen molar-refractivity contribution in [2.24, 2.45) is 0 Å². The maximum Gasteiger partial charge on any atom is 0.344 e. The largest absolute Gasteiger partial charge is 0.344 e. The Morgan fingerprint density at radius 2 is 0.830 bits per heavy atom.